The topological polar surface area (TPSA) is 174 Å². The Labute approximate surface area is 211 Å². The number of carbonyl (C=O) groups excluding carboxylic acids is 3. The number of rotatable bonds is 12. The van der Waals surface area contributed by atoms with Gasteiger partial charge in [0.2, 0.25) is 6.41 Å². The lowest BCUT2D eigenvalue weighted by Crippen LogP contribution is -2.71. The second kappa shape index (κ2) is 12.2. The van der Waals surface area contributed by atoms with E-state index in [2.05, 4.69) is 27.4 Å². The highest BCUT2D eigenvalue weighted by Crippen LogP contribution is 2.41. The van der Waals surface area contributed by atoms with Gasteiger partial charge in [-0.1, -0.05) is 17.8 Å². The monoisotopic (exact) mass is 534 g/mol. The molecule has 1 saturated heterocycles. The molecule has 1 unspecified atom stereocenters. The number of β-lactam (4-membered cyclic amide) rings is 1. The molecular formula is C20H18N6O6S3. The van der Waals surface area contributed by atoms with Crippen molar-refractivity contribution in [2.45, 2.75) is 11.4 Å². The van der Waals surface area contributed by atoms with E-state index in [0.29, 0.717) is 23.5 Å². The van der Waals surface area contributed by atoms with Crippen LogP contribution in [0.3, 0.4) is 0 Å². The first-order valence-corrected chi connectivity index (χ1v) is 12.7. The first kappa shape index (κ1) is 26.0. The molecule has 3 amide bonds. The number of hydrogen-bond acceptors (Lipinski definition) is 11. The average molecular weight is 535 g/mol. The summed E-state index contributed by atoms with van der Waals surface area (Å²) in [6.07, 6.45) is 3.15. The van der Waals surface area contributed by atoms with Crippen LogP contribution in [0, 0.1) is 11.3 Å². The molecule has 1 aromatic rings. The Hall–Kier alpha value is -3.61. The molecule has 15 heteroatoms. The number of oxime groups is 1. The van der Waals surface area contributed by atoms with Crippen LogP contribution in [0.2, 0.25) is 0 Å². The first-order valence-electron chi connectivity index (χ1n) is 9.76. The molecule has 0 bridgehead atoms. The van der Waals surface area contributed by atoms with E-state index in [4.69, 9.17) is 10.1 Å². The number of allylic oxidation sites excluding steroid dienone is 1. The van der Waals surface area contributed by atoms with Crippen molar-refractivity contribution in [1.82, 2.24) is 15.2 Å². The van der Waals surface area contributed by atoms with E-state index in [9.17, 15) is 24.3 Å². The van der Waals surface area contributed by atoms with Gasteiger partial charge in [0.15, 0.2) is 10.8 Å². The van der Waals surface area contributed by atoms with Crippen molar-refractivity contribution in [2.24, 2.45) is 5.16 Å². The zero-order valence-electron chi connectivity index (χ0n) is 17.9. The van der Waals surface area contributed by atoms with E-state index < -0.39 is 29.2 Å². The van der Waals surface area contributed by atoms with Crippen molar-refractivity contribution in [1.29, 1.82) is 5.26 Å². The predicted molar refractivity (Wildman–Crippen MR) is 131 cm³/mol. The van der Waals surface area contributed by atoms with Gasteiger partial charge in [0.25, 0.3) is 11.8 Å². The first-order chi connectivity index (χ1) is 16.9. The zero-order chi connectivity index (χ0) is 25.4. The van der Waals surface area contributed by atoms with Gasteiger partial charge in [-0.25, -0.2) is 9.78 Å². The smallest absolute Gasteiger partial charge is 0.352 e. The fraction of sp³-hybridized carbons (Fsp3) is 0.250. The second-order valence-corrected chi connectivity index (χ2v) is 9.54. The van der Waals surface area contributed by atoms with Crippen molar-refractivity contribution in [2.75, 3.05) is 23.4 Å². The highest BCUT2D eigenvalue weighted by molar-refractivity contribution is 8.02. The van der Waals surface area contributed by atoms with Crippen molar-refractivity contribution >= 4 is 69.9 Å². The Kier molecular flexibility index (Phi) is 9.06. The van der Waals surface area contributed by atoms with Crippen molar-refractivity contribution in [3.8, 4) is 6.07 Å². The van der Waals surface area contributed by atoms with Gasteiger partial charge in [-0.05, 0) is 11.0 Å². The van der Waals surface area contributed by atoms with Crippen LogP contribution in [0.15, 0.2) is 45.9 Å². The van der Waals surface area contributed by atoms with Crippen LogP contribution in [-0.4, -0.2) is 74.4 Å². The quantitative estimate of drug-likeness (QED) is 0.0670. The molecule has 35 heavy (non-hydrogen) atoms. The Morgan fingerprint density at radius 1 is 1.51 bits per heavy atom. The number of carbonyl (C=O) groups is 4. The SMILES string of the molecule is C=CCO/N=C(\C(=O)NC1C(=O)N2C(C(=O)O)=C(CS/C=C/C#N)CS[C@H]12)c1csc(NC=O)n1. The van der Waals surface area contributed by atoms with Crippen LogP contribution < -0.4 is 10.6 Å². The number of fused-ring (bicyclic) bond motifs is 1. The highest BCUT2D eigenvalue weighted by atomic mass is 32.2. The van der Waals surface area contributed by atoms with Gasteiger partial charge < -0.3 is 20.6 Å². The molecule has 3 heterocycles. The number of aromatic nitrogens is 1. The third-order valence-corrected chi connectivity index (χ3v) is 7.48. The lowest BCUT2D eigenvalue weighted by atomic mass is 10.0. The molecule has 0 aromatic carbocycles. The summed E-state index contributed by atoms with van der Waals surface area (Å²) >= 11 is 3.63. The third kappa shape index (κ3) is 5.91. The maximum absolute atomic E-state index is 13.0. The van der Waals surface area contributed by atoms with E-state index in [0.717, 1.165) is 16.2 Å². The summed E-state index contributed by atoms with van der Waals surface area (Å²) in [6.45, 7) is 3.52. The van der Waals surface area contributed by atoms with Crippen LogP contribution >= 0.6 is 34.9 Å². The van der Waals surface area contributed by atoms with E-state index in [1.165, 1.54) is 41.1 Å². The second-order valence-electron chi connectivity index (χ2n) is 6.69. The minimum absolute atomic E-state index is 0.0199. The van der Waals surface area contributed by atoms with Gasteiger partial charge >= 0.3 is 5.97 Å². The van der Waals surface area contributed by atoms with Crippen LogP contribution in [0.25, 0.3) is 0 Å². The third-order valence-electron chi connectivity index (χ3n) is 4.53. The molecule has 1 fully saturated rings. The van der Waals surface area contributed by atoms with E-state index >= 15 is 0 Å². The van der Waals surface area contributed by atoms with Crippen molar-refractivity contribution in [3.05, 3.63) is 46.5 Å². The summed E-state index contributed by atoms with van der Waals surface area (Å²) < 4.78 is 0. The number of thiazole rings is 1. The molecule has 12 nitrogen and oxygen atoms in total. The molecule has 2 aliphatic rings. The van der Waals surface area contributed by atoms with Gasteiger partial charge in [-0.15, -0.1) is 34.9 Å². The van der Waals surface area contributed by atoms with E-state index in [1.54, 1.807) is 5.41 Å². The lowest BCUT2D eigenvalue weighted by molar-refractivity contribution is -0.150. The maximum Gasteiger partial charge on any atom is 0.352 e. The molecule has 0 aliphatic carbocycles. The number of aliphatic carboxylic acids is 1. The van der Waals surface area contributed by atoms with E-state index in [-0.39, 0.29) is 28.8 Å². The fourth-order valence-corrected chi connectivity index (χ4v) is 5.91. The molecule has 3 N–H and O–H groups in total. The number of carboxylic acid groups (broad SMARTS) is 1. The minimum Gasteiger partial charge on any atom is -0.477 e. The van der Waals surface area contributed by atoms with Crippen LogP contribution in [0.5, 0.6) is 0 Å². The number of hydrogen-bond donors (Lipinski definition) is 3. The number of carboxylic acids is 1. The zero-order valence-corrected chi connectivity index (χ0v) is 20.3. The molecule has 0 saturated carbocycles. The molecule has 2 aliphatic heterocycles. The Bertz CT molecular complexity index is 1170. The standard InChI is InChI=1S/C20H18N6O6S3/c1-2-5-32-25-13(12-9-35-20(23-12)22-10-27)16(28)24-14-17(29)26-15(19(30)31)11(8-34-18(14)26)7-33-6-3-4-21/h2-3,6,9-10,14,18H,1,5,7-8H2,(H,24,28)(H,30,31)(H,22,23,27)/b6-3+,25-13-/t14?,18-/m1/s1. The Morgan fingerprint density at radius 3 is 3.00 bits per heavy atom. The number of nitriles is 1. The Balaban J connectivity index is 1.77. The number of amides is 3. The number of thioether (sulfide) groups is 2. The molecular weight excluding hydrogens is 516 g/mol. The van der Waals surface area contributed by atoms with Crippen molar-refractivity contribution < 1.29 is 29.1 Å². The summed E-state index contributed by atoms with van der Waals surface area (Å²) in [5.74, 6) is -1.92. The van der Waals surface area contributed by atoms with Gasteiger partial charge in [0.05, 0.1) is 6.07 Å². The summed E-state index contributed by atoms with van der Waals surface area (Å²) in [6, 6.07) is 0.871. The van der Waals surface area contributed by atoms with Gasteiger partial charge in [0.1, 0.15) is 29.4 Å². The molecule has 182 valence electrons. The van der Waals surface area contributed by atoms with E-state index in [1.807, 2.05) is 6.07 Å². The molecule has 2 atom stereocenters. The normalized spacial score (nSPS) is 19.5. The van der Waals surface area contributed by atoms with Crippen LogP contribution in [0.4, 0.5) is 5.13 Å². The highest BCUT2D eigenvalue weighted by Gasteiger charge is 2.54. The summed E-state index contributed by atoms with van der Waals surface area (Å²) in [7, 11) is 0. The number of nitrogens with zero attached hydrogens (tertiary/aromatic N) is 4. The lowest BCUT2D eigenvalue weighted by Gasteiger charge is -2.49. The van der Waals surface area contributed by atoms with Gasteiger partial charge in [-0.2, -0.15) is 5.26 Å². The average Bonchev–Trinajstić information content (AvgIpc) is 3.30. The summed E-state index contributed by atoms with van der Waals surface area (Å²) in [4.78, 5) is 58.7. The summed E-state index contributed by atoms with van der Waals surface area (Å²) in [5.41, 5.74) is 0.331. The van der Waals surface area contributed by atoms with Gasteiger partial charge in [-0.3, -0.25) is 19.3 Å². The van der Waals surface area contributed by atoms with Crippen LogP contribution in [-0.2, 0) is 24.0 Å². The van der Waals surface area contributed by atoms with Gasteiger partial charge in [0, 0.05) is 23.0 Å². The fourth-order valence-electron chi connectivity index (χ4n) is 3.09. The maximum atomic E-state index is 13.0. The molecule has 3 rings (SSSR count). The number of anilines is 1. The van der Waals surface area contributed by atoms with Crippen LogP contribution in [0.1, 0.15) is 5.69 Å². The molecule has 0 spiro atoms. The number of nitrogens with one attached hydrogen (secondary N) is 2. The minimum atomic E-state index is -1.24. The molecule has 0 radical (unpaired) electrons. The molecule has 1 aromatic heterocycles. The summed E-state index contributed by atoms with van der Waals surface area (Å²) in [5, 5.41) is 29.7. The predicted octanol–water partition coefficient (Wildman–Crippen LogP) is 1.13. The Morgan fingerprint density at radius 2 is 2.31 bits per heavy atom. The largest absolute Gasteiger partial charge is 0.477 e. The van der Waals surface area contributed by atoms with Crippen molar-refractivity contribution in [3.63, 3.8) is 0 Å².